The monoisotopic (exact) mass is 172 g/mol. The topological polar surface area (TPSA) is 24.1 Å². The summed E-state index contributed by atoms with van der Waals surface area (Å²) in [4.78, 5) is 0. The Hall–Kier alpha value is -0.150. The van der Waals surface area contributed by atoms with Crippen LogP contribution in [-0.2, 0) is 0 Å². The van der Waals surface area contributed by atoms with Crippen LogP contribution in [0.25, 0.3) is 0 Å². The number of hydrogen-bond donors (Lipinski definition) is 2. The zero-order valence-corrected chi connectivity index (χ0v) is 7.52. The minimum atomic E-state index is -0.718. The second-order valence-electron chi connectivity index (χ2n) is 4.08. The van der Waals surface area contributed by atoms with Crippen molar-refractivity contribution in [3.05, 3.63) is 0 Å². The Morgan fingerprint density at radius 2 is 2.42 bits per heavy atom. The molecule has 2 nitrogen and oxygen atoms in total. The van der Waals surface area contributed by atoms with E-state index in [0.29, 0.717) is 24.7 Å². The third-order valence-electron chi connectivity index (χ3n) is 2.96. The summed E-state index contributed by atoms with van der Waals surface area (Å²) >= 11 is 0. The number of alkyl halides is 1. The van der Waals surface area contributed by atoms with Crippen LogP contribution in [0, 0.1) is 0 Å². The SMILES string of the molecule is CC(F)CNC1C[C@H]2CC[C@@H]1N2. The molecular formula is C9H17FN2. The van der Waals surface area contributed by atoms with E-state index in [2.05, 4.69) is 10.6 Å². The summed E-state index contributed by atoms with van der Waals surface area (Å²) in [6, 6.07) is 1.86. The minimum Gasteiger partial charge on any atom is -0.310 e. The van der Waals surface area contributed by atoms with E-state index in [1.807, 2.05) is 0 Å². The first-order chi connectivity index (χ1) is 5.75. The van der Waals surface area contributed by atoms with Gasteiger partial charge in [-0.2, -0.15) is 0 Å². The summed E-state index contributed by atoms with van der Waals surface area (Å²) in [5.41, 5.74) is 0. The Morgan fingerprint density at radius 3 is 2.92 bits per heavy atom. The van der Waals surface area contributed by atoms with E-state index in [9.17, 15) is 4.39 Å². The standard InChI is InChI=1S/C9H17FN2/c1-6(10)5-11-9-4-7-2-3-8(9)12-7/h6-9,11-12H,2-5H2,1H3/t6?,7-,8+,9?/m1/s1. The van der Waals surface area contributed by atoms with Gasteiger partial charge in [-0.25, -0.2) is 4.39 Å². The molecule has 2 saturated heterocycles. The maximum absolute atomic E-state index is 12.5. The summed E-state index contributed by atoms with van der Waals surface area (Å²) in [5.74, 6) is 0. The zero-order valence-electron chi connectivity index (χ0n) is 7.52. The number of rotatable bonds is 3. The van der Waals surface area contributed by atoms with Crippen molar-refractivity contribution in [2.75, 3.05) is 6.54 Å². The van der Waals surface area contributed by atoms with Gasteiger partial charge in [0.25, 0.3) is 0 Å². The average molecular weight is 172 g/mol. The highest BCUT2D eigenvalue weighted by atomic mass is 19.1. The van der Waals surface area contributed by atoms with E-state index in [4.69, 9.17) is 0 Å². The summed E-state index contributed by atoms with van der Waals surface area (Å²) in [6.07, 6.45) is 3.05. The average Bonchev–Trinajstić information content (AvgIpc) is 2.60. The third-order valence-corrected chi connectivity index (χ3v) is 2.96. The highest BCUT2D eigenvalue weighted by molar-refractivity contribution is 5.01. The molecule has 0 aromatic carbocycles. The molecule has 2 fully saturated rings. The van der Waals surface area contributed by atoms with Crippen LogP contribution in [0.4, 0.5) is 4.39 Å². The summed E-state index contributed by atoms with van der Waals surface area (Å²) < 4.78 is 12.5. The van der Waals surface area contributed by atoms with Gasteiger partial charge in [-0.3, -0.25) is 0 Å². The van der Waals surface area contributed by atoms with Crippen LogP contribution in [0.15, 0.2) is 0 Å². The van der Waals surface area contributed by atoms with Crippen LogP contribution in [0.3, 0.4) is 0 Å². The lowest BCUT2D eigenvalue weighted by atomic mass is 9.95. The molecule has 2 unspecified atom stereocenters. The molecule has 0 aromatic heterocycles. The van der Waals surface area contributed by atoms with Gasteiger partial charge >= 0.3 is 0 Å². The van der Waals surface area contributed by atoms with Gasteiger partial charge in [0.2, 0.25) is 0 Å². The van der Waals surface area contributed by atoms with E-state index < -0.39 is 6.17 Å². The lowest BCUT2D eigenvalue weighted by Gasteiger charge is -2.21. The number of hydrogen-bond acceptors (Lipinski definition) is 2. The maximum Gasteiger partial charge on any atom is 0.110 e. The van der Waals surface area contributed by atoms with Crippen LogP contribution in [0.2, 0.25) is 0 Å². The second-order valence-corrected chi connectivity index (χ2v) is 4.08. The third kappa shape index (κ3) is 1.62. The predicted molar refractivity (Wildman–Crippen MR) is 46.9 cm³/mol. The molecule has 0 aliphatic carbocycles. The van der Waals surface area contributed by atoms with E-state index in [1.165, 1.54) is 19.3 Å². The van der Waals surface area contributed by atoms with Crippen molar-refractivity contribution in [3.8, 4) is 0 Å². The fraction of sp³-hybridized carbons (Fsp3) is 1.00. The fourth-order valence-corrected chi connectivity index (χ4v) is 2.36. The second kappa shape index (κ2) is 3.30. The largest absolute Gasteiger partial charge is 0.310 e. The molecule has 2 N–H and O–H groups in total. The Bertz CT molecular complexity index is 161. The highest BCUT2D eigenvalue weighted by Gasteiger charge is 2.38. The summed E-state index contributed by atoms with van der Waals surface area (Å²) in [5, 5.41) is 6.79. The van der Waals surface area contributed by atoms with Crippen molar-refractivity contribution in [1.82, 2.24) is 10.6 Å². The molecule has 12 heavy (non-hydrogen) atoms. The first-order valence-corrected chi connectivity index (χ1v) is 4.89. The van der Waals surface area contributed by atoms with Crippen LogP contribution >= 0.6 is 0 Å². The van der Waals surface area contributed by atoms with Crippen LogP contribution in [0.5, 0.6) is 0 Å². The molecule has 3 heteroatoms. The van der Waals surface area contributed by atoms with Gasteiger partial charge in [0, 0.05) is 24.7 Å². The molecule has 4 atom stereocenters. The predicted octanol–water partition coefficient (Wildman–Crippen LogP) is 0.827. The van der Waals surface area contributed by atoms with E-state index in [0.717, 1.165) is 0 Å². The van der Waals surface area contributed by atoms with Crippen molar-refractivity contribution in [2.45, 2.75) is 50.5 Å². The molecule has 2 aliphatic heterocycles. The molecule has 0 radical (unpaired) electrons. The molecule has 0 saturated carbocycles. The van der Waals surface area contributed by atoms with Crippen molar-refractivity contribution in [1.29, 1.82) is 0 Å². The fourth-order valence-electron chi connectivity index (χ4n) is 2.36. The first-order valence-electron chi connectivity index (χ1n) is 4.89. The maximum atomic E-state index is 12.5. The quantitative estimate of drug-likeness (QED) is 0.659. The van der Waals surface area contributed by atoms with E-state index in [1.54, 1.807) is 6.92 Å². The normalized spacial score (nSPS) is 42.0. The molecule has 2 rings (SSSR count). The summed E-state index contributed by atoms with van der Waals surface area (Å²) in [6.45, 7) is 2.11. The Labute approximate surface area is 72.9 Å². The smallest absolute Gasteiger partial charge is 0.110 e. The molecule has 70 valence electrons. The van der Waals surface area contributed by atoms with Crippen molar-refractivity contribution in [3.63, 3.8) is 0 Å². The molecule has 2 heterocycles. The lowest BCUT2D eigenvalue weighted by molar-refractivity contribution is 0.312. The first kappa shape index (κ1) is 8.45. The summed E-state index contributed by atoms with van der Waals surface area (Å²) in [7, 11) is 0. The van der Waals surface area contributed by atoms with Crippen LogP contribution in [-0.4, -0.2) is 30.8 Å². The molecular weight excluding hydrogens is 155 g/mol. The molecule has 2 aliphatic rings. The zero-order chi connectivity index (χ0) is 8.55. The van der Waals surface area contributed by atoms with Gasteiger partial charge in [0.1, 0.15) is 6.17 Å². The number of nitrogens with one attached hydrogen (secondary N) is 2. The Morgan fingerprint density at radius 1 is 1.58 bits per heavy atom. The Kier molecular flexibility index (Phi) is 2.33. The molecule has 0 amide bonds. The number of halogens is 1. The van der Waals surface area contributed by atoms with Gasteiger partial charge in [-0.1, -0.05) is 0 Å². The van der Waals surface area contributed by atoms with Gasteiger partial charge < -0.3 is 10.6 Å². The van der Waals surface area contributed by atoms with E-state index in [-0.39, 0.29) is 0 Å². The minimum absolute atomic E-state index is 0.509. The molecule has 0 aromatic rings. The Balaban J connectivity index is 1.76. The highest BCUT2D eigenvalue weighted by Crippen LogP contribution is 2.27. The lowest BCUT2D eigenvalue weighted by Crippen LogP contribution is -2.41. The van der Waals surface area contributed by atoms with Crippen LogP contribution < -0.4 is 10.6 Å². The van der Waals surface area contributed by atoms with Crippen molar-refractivity contribution in [2.24, 2.45) is 0 Å². The van der Waals surface area contributed by atoms with Gasteiger partial charge in [-0.05, 0) is 26.2 Å². The molecule has 0 spiro atoms. The van der Waals surface area contributed by atoms with E-state index >= 15 is 0 Å². The van der Waals surface area contributed by atoms with Gasteiger partial charge in [0.05, 0.1) is 0 Å². The van der Waals surface area contributed by atoms with Crippen molar-refractivity contribution < 1.29 is 4.39 Å². The molecule has 2 bridgehead atoms. The van der Waals surface area contributed by atoms with Crippen LogP contribution in [0.1, 0.15) is 26.2 Å². The van der Waals surface area contributed by atoms with Crippen molar-refractivity contribution >= 4 is 0 Å². The van der Waals surface area contributed by atoms with Gasteiger partial charge in [-0.15, -0.1) is 0 Å². The van der Waals surface area contributed by atoms with Gasteiger partial charge in [0.15, 0.2) is 0 Å². The number of fused-ring (bicyclic) bond motifs is 2.